The summed E-state index contributed by atoms with van der Waals surface area (Å²) < 4.78 is 37.7. The second kappa shape index (κ2) is 5.66. The average Bonchev–Trinajstić information content (AvgIpc) is 2.95. The van der Waals surface area contributed by atoms with Gasteiger partial charge in [0.25, 0.3) is 0 Å². The Kier molecular flexibility index (Phi) is 4.84. The third-order valence-electron chi connectivity index (χ3n) is 3.12. The van der Waals surface area contributed by atoms with Gasteiger partial charge in [0.2, 0.25) is 5.91 Å². The zero-order valence-corrected chi connectivity index (χ0v) is 11.5. The Bertz CT molecular complexity index is 329. The SMILES string of the molecule is CC(C)NC(C)(CN(CC(F)(F)F)C1CC1)C(N)=O. The van der Waals surface area contributed by atoms with Crippen LogP contribution in [0.5, 0.6) is 0 Å². The number of rotatable bonds is 7. The molecule has 0 spiro atoms. The second-order valence-corrected chi connectivity index (χ2v) is 5.75. The summed E-state index contributed by atoms with van der Waals surface area (Å²) in [5.41, 5.74) is 4.19. The van der Waals surface area contributed by atoms with Crippen LogP contribution in [-0.2, 0) is 4.79 Å². The van der Waals surface area contributed by atoms with Crippen molar-refractivity contribution in [2.75, 3.05) is 13.1 Å². The lowest BCUT2D eigenvalue weighted by atomic mass is 9.99. The maximum absolute atomic E-state index is 12.6. The van der Waals surface area contributed by atoms with Gasteiger partial charge in [-0.05, 0) is 33.6 Å². The van der Waals surface area contributed by atoms with Crippen LogP contribution in [-0.4, -0.2) is 47.7 Å². The fourth-order valence-electron chi connectivity index (χ4n) is 2.22. The van der Waals surface area contributed by atoms with Gasteiger partial charge in [-0.3, -0.25) is 9.69 Å². The molecular weight excluding hydrogens is 259 g/mol. The van der Waals surface area contributed by atoms with Crippen molar-refractivity contribution < 1.29 is 18.0 Å². The summed E-state index contributed by atoms with van der Waals surface area (Å²) in [5, 5.41) is 2.97. The highest BCUT2D eigenvalue weighted by Gasteiger charge is 2.43. The molecule has 19 heavy (non-hydrogen) atoms. The van der Waals surface area contributed by atoms with Crippen molar-refractivity contribution in [1.82, 2.24) is 10.2 Å². The predicted molar refractivity (Wildman–Crippen MR) is 66.5 cm³/mol. The van der Waals surface area contributed by atoms with E-state index in [1.54, 1.807) is 6.92 Å². The smallest absolute Gasteiger partial charge is 0.368 e. The van der Waals surface area contributed by atoms with Crippen molar-refractivity contribution in [3.05, 3.63) is 0 Å². The summed E-state index contributed by atoms with van der Waals surface area (Å²) in [4.78, 5) is 12.9. The molecular formula is C12H22F3N3O. The number of halogens is 3. The van der Waals surface area contributed by atoms with Crippen molar-refractivity contribution in [2.45, 2.75) is 57.4 Å². The summed E-state index contributed by atoms with van der Waals surface area (Å²) in [6, 6.07) is -0.126. The van der Waals surface area contributed by atoms with Gasteiger partial charge in [0.05, 0.1) is 6.54 Å². The van der Waals surface area contributed by atoms with Crippen LogP contribution in [0.15, 0.2) is 0 Å². The number of nitrogens with two attached hydrogens (primary N) is 1. The molecule has 0 saturated heterocycles. The molecule has 1 saturated carbocycles. The van der Waals surface area contributed by atoms with Gasteiger partial charge in [0.1, 0.15) is 5.54 Å². The van der Waals surface area contributed by atoms with Crippen LogP contribution >= 0.6 is 0 Å². The molecule has 0 aromatic rings. The number of nitrogens with one attached hydrogen (secondary N) is 1. The predicted octanol–water partition coefficient (Wildman–Crippen LogP) is 1.26. The van der Waals surface area contributed by atoms with Gasteiger partial charge in [-0.2, -0.15) is 13.2 Å². The number of primary amides is 1. The minimum absolute atomic E-state index is 0.0231. The van der Waals surface area contributed by atoms with E-state index in [2.05, 4.69) is 5.32 Å². The molecule has 0 bridgehead atoms. The van der Waals surface area contributed by atoms with E-state index in [-0.39, 0.29) is 18.6 Å². The molecule has 1 fully saturated rings. The fraction of sp³-hybridized carbons (Fsp3) is 0.917. The highest BCUT2D eigenvalue weighted by atomic mass is 19.4. The minimum Gasteiger partial charge on any atom is -0.368 e. The van der Waals surface area contributed by atoms with Crippen molar-refractivity contribution in [1.29, 1.82) is 0 Å². The first-order valence-electron chi connectivity index (χ1n) is 6.42. The molecule has 1 rings (SSSR count). The Morgan fingerprint density at radius 3 is 2.21 bits per heavy atom. The molecule has 112 valence electrons. The number of amides is 1. The van der Waals surface area contributed by atoms with Crippen LogP contribution in [0.1, 0.15) is 33.6 Å². The zero-order chi connectivity index (χ0) is 14.8. The number of carbonyl (C=O) groups excluding carboxylic acids is 1. The highest BCUT2D eigenvalue weighted by molar-refractivity contribution is 5.84. The molecule has 1 amide bonds. The van der Waals surface area contributed by atoms with Crippen LogP contribution in [0.25, 0.3) is 0 Å². The Morgan fingerprint density at radius 2 is 1.89 bits per heavy atom. The van der Waals surface area contributed by atoms with Crippen LogP contribution < -0.4 is 11.1 Å². The summed E-state index contributed by atoms with van der Waals surface area (Å²) in [5.74, 6) is -0.631. The number of nitrogens with zero attached hydrogens (tertiary/aromatic N) is 1. The second-order valence-electron chi connectivity index (χ2n) is 5.75. The first-order valence-corrected chi connectivity index (χ1v) is 6.42. The third-order valence-corrected chi connectivity index (χ3v) is 3.12. The molecule has 3 N–H and O–H groups in total. The number of hydrogen-bond acceptors (Lipinski definition) is 3. The van der Waals surface area contributed by atoms with E-state index in [1.165, 1.54) is 4.90 Å². The largest absolute Gasteiger partial charge is 0.401 e. The molecule has 1 aliphatic carbocycles. The minimum atomic E-state index is -4.26. The zero-order valence-electron chi connectivity index (χ0n) is 11.5. The first-order chi connectivity index (χ1) is 8.53. The van der Waals surface area contributed by atoms with Gasteiger partial charge in [-0.1, -0.05) is 0 Å². The molecule has 1 atom stereocenters. The number of hydrogen-bond donors (Lipinski definition) is 2. The van der Waals surface area contributed by atoms with E-state index < -0.39 is 24.2 Å². The van der Waals surface area contributed by atoms with Crippen molar-refractivity contribution in [2.24, 2.45) is 5.73 Å². The molecule has 0 heterocycles. The van der Waals surface area contributed by atoms with E-state index >= 15 is 0 Å². The summed E-state index contributed by atoms with van der Waals surface area (Å²) >= 11 is 0. The third kappa shape index (κ3) is 5.36. The van der Waals surface area contributed by atoms with Gasteiger partial charge in [0.15, 0.2) is 0 Å². The standard InChI is InChI=1S/C12H22F3N3O/c1-8(2)17-11(3,10(16)19)6-18(9-4-5-9)7-12(13,14)15/h8-9,17H,4-7H2,1-3H3,(H2,16,19). The fourth-order valence-corrected chi connectivity index (χ4v) is 2.22. The van der Waals surface area contributed by atoms with E-state index in [0.29, 0.717) is 0 Å². The lowest BCUT2D eigenvalue weighted by Crippen LogP contribution is -2.62. The van der Waals surface area contributed by atoms with E-state index in [0.717, 1.165) is 12.8 Å². The highest BCUT2D eigenvalue weighted by Crippen LogP contribution is 2.31. The summed E-state index contributed by atoms with van der Waals surface area (Å²) in [6.07, 6.45) is -2.78. The van der Waals surface area contributed by atoms with E-state index in [9.17, 15) is 18.0 Å². The summed E-state index contributed by atoms with van der Waals surface area (Å²) in [7, 11) is 0. The first kappa shape index (κ1) is 16.2. The molecule has 0 aromatic heterocycles. The molecule has 0 aromatic carbocycles. The van der Waals surface area contributed by atoms with Crippen LogP contribution in [0.4, 0.5) is 13.2 Å². The quantitative estimate of drug-likeness (QED) is 0.738. The van der Waals surface area contributed by atoms with Gasteiger partial charge < -0.3 is 11.1 Å². The Labute approximate surface area is 111 Å². The molecule has 1 unspecified atom stereocenters. The van der Waals surface area contributed by atoms with Gasteiger partial charge in [-0.15, -0.1) is 0 Å². The molecule has 1 aliphatic rings. The van der Waals surface area contributed by atoms with Crippen molar-refractivity contribution in [3.63, 3.8) is 0 Å². The molecule has 4 nitrogen and oxygen atoms in total. The van der Waals surface area contributed by atoms with Gasteiger partial charge in [-0.25, -0.2) is 0 Å². The maximum Gasteiger partial charge on any atom is 0.401 e. The monoisotopic (exact) mass is 281 g/mol. The Hall–Kier alpha value is -0.820. The maximum atomic E-state index is 12.6. The van der Waals surface area contributed by atoms with Crippen LogP contribution in [0.3, 0.4) is 0 Å². The van der Waals surface area contributed by atoms with Crippen LogP contribution in [0, 0.1) is 0 Å². The Morgan fingerprint density at radius 1 is 1.37 bits per heavy atom. The lowest BCUT2D eigenvalue weighted by Gasteiger charge is -2.35. The van der Waals surface area contributed by atoms with Crippen LogP contribution in [0.2, 0.25) is 0 Å². The van der Waals surface area contributed by atoms with Gasteiger partial charge in [0, 0.05) is 18.6 Å². The lowest BCUT2D eigenvalue weighted by molar-refractivity contribution is -0.151. The van der Waals surface area contributed by atoms with Gasteiger partial charge >= 0.3 is 6.18 Å². The van der Waals surface area contributed by atoms with Crippen molar-refractivity contribution in [3.8, 4) is 0 Å². The number of carbonyl (C=O) groups is 1. The topological polar surface area (TPSA) is 58.4 Å². The average molecular weight is 281 g/mol. The Balaban J connectivity index is 2.76. The van der Waals surface area contributed by atoms with E-state index in [4.69, 9.17) is 5.73 Å². The van der Waals surface area contributed by atoms with E-state index in [1.807, 2.05) is 13.8 Å². The summed E-state index contributed by atoms with van der Waals surface area (Å²) in [6.45, 7) is 4.19. The molecule has 7 heteroatoms. The molecule has 0 radical (unpaired) electrons. The molecule has 0 aliphatic heterocycles. The van der Waals surface area contributed by atoms with Crippen molar-refractivity contribution >= 4 is 5.91 Å². The number of alkyl halides is 3. The normalized spacial score (nSPS) is 19.8.